The highest BCUT2D eigenvalue weighted by Crippen LogP contribution is 2.13. The van der Waals surface area contributed by atoms with E-state index in [0.717, 1.165) is 30.9 Å². The summed E-state index contributed by atoms with van der Waals surface area (Å²) in [6.07, 6.45) is 1.08. The minimum Gasteiger partial charge on any atom is -0.494 e. The molecule has 1 aromatic carbocycles. The zero-order chi connectivity index (χ0) is 14.2. The average molecular weight is 277 g/mol. The van der Waals surface area contributed by atoms with Crippen LogP contribution in [0.3, 0.4) is 0 Å². The topological polar surface area (TPSA) is 41.7 Å². The summed E-state index contributed by atoms with van der Waals surface area (Å²) >= 11 is 0. The number of benzene rings is 1. The van der Waals surface area contributed by atoms with Crippen LogP contribution in [0.1, 0.15) is 18.9 Å². The third kappa shape index (κ3) is 4.78. The highest BCUT2D eigenvalue weighted by Gasteiger charge is 2.14. The maximum atomic E-state index is 5.79. The lowest BCUT2D eigenvalue weighted by Gasteiger charge is -2.33. The van der Waals surface area contributed by atoms with Gasteiger partial charge >= 0.3 is 0 Å². The van der Waals surface area contributed by atoms with Crippen LogP contribution < -0.4 is 10.5 Å². The molecule has 2 rings (SSSR count). The first-order valence-electron chi connectivity index (χ1n) is 7.68. The number of ether oxygens (including phenoxy) is 1. The fraction of sp³-hybridized carbons (Fsp3) is 0.625. The summed E-state index contributed by atoms with van der Waals surface area (Å²) in [5.74, 6) is 0.934. The van der Waals surface area contributed by atoms with E-state index in [4.69, 9.17) is 10.5 Å². The highest BCUT2D eigenvalue weighted by molar-refractivity contribution is 5.28. The van der Waals surface area contributed by atoms with Crippen molar-refractivity contribution in [3.05, 3.63) is 29.8 Å². The number of likely N-dealkylation sites (N-methyl/N-ethyl adjacent to an activating group) is 1. The van der Waals surface area contributed by atoms with Gasteiger partial charge in [0.1, 0.15) is 5.75 Å². The normalized spacial score (nSPS) is 17.3. The molecular formula is C16H27N3O. The zero-order valence-corrected chi connectivity index (χ0v) is 12.6. The molecule has 0 aliphatic carbocycles. The molecule has 4 heteroatoms. The third-order valence-electron chi connectivity index (χ3n) is 3.93. The van der Waals surface area contributed by atoms with Crippen LogP contribution in [0.5, 0.6) is 5.75 Å². The van der Waals surface area contributed by atoms with Crippen LogP contribution in [-0.2, 0) is 6.54 Å². The summed E-state index contributed by atoms with van der Waals surface area (Å²) in [6, 6.07) is 8.06. The summed E-state index contributed by atoms with van der Waals surface area (Å²) < 4.78 is 5.79. The van der Waals surface area contributed by atoms with Crippen LogP contribution in [0.4, 0.5) is 0 Å². The monoisotopic (exact) mass is 277 g/mol. The van der Waals surface area contributed by atoms with Gasteiger partial charge in [0.25, 0.3) is 0 Å². The molecule has 1 fully saturated rings. The Bertz CT molecular complexity index is 389. The lowest BCUT2D eigenvalue weighted by molar-refractivity contribution is 0.130. The van der Waals surface area contributed by atoms with Crippen LogP contribution in [0.15, 0.2) is 24.3 Å². The molecule has 1 saturated heterocycles. The van der Waals surface area contributed by atoms with Gasteiger partial charge in [-0.1, -0.05) is 19.1 Å². The Morgan fingerprint density at radius 3 is 2.60 bits per heavy atom. The van der Waals surface area contributed by atoms with E-state index in [-0.39, 0.29) is 0 Å². The lowest BCUT2D eigenvalue weighted by Crippen LogP contribution is -2.46. The van der Waals surface area contributed by atoms with E-state index < -0.39 is 0 Å². The predicted octanol–water partition coefficient (Wildman–Crippen LogP) is 1.55. The second-order valence-corrected chi connectivity index (χ2v) is 5.33. The molecule has 1 aromatic rings. The average Bonchev–Trinajstić information content (AvgIpc) is 2.52. The Morgan fingerprint density at radius 1 is 1.15 bits per heavy atom. The molecule has 0 atom stereocenters. The Balaban J connectivity index is 1.62. The summed E-state index contributed by atoms with van der Waals surface area (Å²) in [5, 5.41) is 0. The molecule has 0 aromatic heterocycles. The van der Waals surface area contributed by atoms with Crippen molar-refractivity contribution in [3.63, 3.8) is 0 Å². The van der Waals surface area contributed by atoms with Crippen molar-refractivity contribution in [2.75, 3.05) is 45.9 Å². The van der Waals surface area contributed by atoms with Gasteiger partial charge in [-0.05, 0) is 30.7 Å². The first-order valence-corrected chi connectivity index (χ1v) is 7.68. The zero-order valence-electron chi connectivity index (χ0n) is 12.6. The second-order valence-electron chi connectivity index (χ2n) is 5.33. The van der Waals surface area contributed by atoms with E-state index in [9.17, 15) is 0 Å². The minimum absolute atomic E-state index is 0.568. The largest absolute Gasteiger partial charge is 0.494 e. The van der Waals surface area contributed by atoms with Crippen molar-refractivity contribution in [2.24, 2.45) is 5.73 Å². The SMILES string of the molecule is CCN1CCN(CCCOc2cccc(CN)c2)CC1. The van der Waals surface area contributed by atoms with E-state index in [0.29, 0.717) is 6.54 Å². The fourth-order valence-electron chi connectivity index (χ4n) is 2.57. The molecule has 1 heterocycles. The van der Waals surface area contributed by atoms with Gasteiger partial charge in [-0.2, -0.15) is 0 Å². The Morgan fingerprint density at radius 2 is 1.90 bits per heavy atom. The highest BCUT2D eigenvalue weighted by atomic mass is 16.5. The van der Waals surface area contributed by atoms with Gasteiger partial charge in [0, 0.05) is 39.3 Å². The minimum atomic E-state index is 0.568. The first kappa shape index (κ1) is 15.3. The Labute approximate surface area is 122 Å². The van der Waals surface area contributed by atoms with Gasteiger partial charge in [0.15, 0.2) is 0 Å². The first-order chi connectivity index (χ1) is 9.81. The van der Waals surface area contributed by atoms with E-state index in [2.05, 4.69) is 16.7 Å². The van der Waals surface area contributed by atoms with E-state index in [1.165, 1.54) is 32.7 Å². The smallest absolute Gasteiger partial charge is 0.119 e. The molecule has 4 nitrogen and oxygen atoms in total. The van der Waals surface area contributed by atoms with Crippen LogP contribution in [-0.4, -0.2) is 55.7 Å². The molecule has 1 aliphatic rings. The van der Waals surface area contributed by atoms with Crippen LogP contribution >= 0.6 is 0 Å². The van der Waals surface area contributed by atoms with Gasteiger partial charge in [-0.15, -0.1) is 0 Å². The van der Waals surface area contributed by atoms with Gasteiger partial charge < -0.3 is 20.3 Å². The quantitative estimate of drug-likeness (QED) is 0.768. The molecule has 0 spiro atoms. The van der Waals surface area contributed by atoms with Crippen molar-refractivity contribution < 1.29 is 4.74 Å². The molecule has 1 aliphatic heterocycles. The van der Waals surface area contributed by atoms with E-state index >= 15 is 0 Å². The Hall–Kier alpha value is -1.10. The van der Waals surface area contributed by atoms with Gasteiger partial charge in [0.05, 0.1) is 6.61 Å². The van der Waals surface area contributed by atoms with E-state index in [1.807, 2.05) is 24.3 Å². The van der Waals surface area contributed by atoms with Crippen molar-refractivity contribution in [1.29, 1.82) is 0 Å². The number of nitrogens with two attached hydrogens (primary N) is 1. The van der Waals surface area contributed by atoms with Crippen LogP contribution in [0, 0.1) is 0 Å². The van der Waals surface area contributed by atoms with Crippen LogP contribution in [0.2, 0.25) is 0 Å². The maximum Gasteiger partial charge on any atom is 0.119 e. The van der Waals surface area contributed by atoms with E-state index in [1.54, 1.807) is 0 Å². The van der Waals surface area contributed by atoms with Crippen molar-refractivity contribution in [1.82, 2.24) is 9.80 Å². The second kappa shape index (κ2) is 8.25. The van der Waals surface area contributed by atoms with Crippen LogP contribution in [0.25, 0.3) is 0 Å². The Kier molecular flexibility index (Phi) is 6.30. The standard InChI is InChI=1S/C16H27N3O/c1-2-18-8-10-19(11-9-18)7-4-12-20-16-6-3-5-15(13-16)14-17/h3,5-6,13H,2,4,7-12,14,17H2,1H3. The third-order valence-corrected chi connectivity index (χ3v) is 3.93. The lowest BCUT2D eigenvalue weighted by atomic mass is 10.2. The summed E-state index contributed by atoms with van der Waals surface area (Å²) in [5.41, 5.74) is 6.75. The molecule has 0 radical (unpaired) electrons. The number of rotatable bonds is 7. The fourth-order valence-corrected chi connectivity index (χ4v) is 2.57. The molecule has 20 heavy (non-hydrogen) atoms. The van der Waals surface area contributed by atoms with Crippen molar-refractivity contribution >= 4 is 0 Å². The molecule has 0 amide bonds. The summed E-state index contributed by atoms with van der Waals surface area (Å²) in [6.45, 7) is 10.7. The predicted molar refractivity (Wildman–Crippen MR) is 83.0 cm³/mol. The maximum absolute atomic E-state index is 5.79. The van der Waals surface area contributed by atoms with Gasteiger partial charge in [0.2, 0.25) is 0 Å². The summed E-state index contributed by atoms with van der Waals surface area (Å²) in [7, 11) is 0. The molecular weight excluding hydrogens is 250 g/mol. The number of nitrogens with zero attached hydrogens (tertiary/aromatic N) is 2. The number of hydrogen-bond donors (Lipinski definition) is 1. The van der Waals surface area contributed by atoms with Crippen molar-refractivity contribution in [2.45, 2.75) is 19.9 Å². The van der Waals surface area contributed by atoms with Crippen molar-refractivity contribution in [3.8, 4) is 5.75 Å². The number of piperazine rings is 1. The van der Waals surface area contributed by atoms with Gasteiger partial charge in [-0.25, -0.2) is 0 Å². The van der Waals surface area contributed by atoms with Gasteiger partial charge in [-0.3, -0.25) is 0 Å². The molecule has 0 bridgehead atoms. The molecule has 0 unspecified atom stereocenters. The number of hydrogen-bond acceptors (Lipinski definition) is 4. The molecule has 112 valence electrons. The molecule has 2 N–H and O–H groups in total. The summed E-state index contributed by atoms with van der Waals surface area (Å²) in [4.78, 5) is 5.04. The molecule has 0 saturated carbocycles.